The number of aliphatic hydroxyl groups is 1. The summed E-state index contributed by atoms with van der Waals surface area (Å²) < 4.78 is 11.3. The van der Waals surface area contributed by atoms with Gasteiger partial charge in [-0.3, -0.25) is 4.99 Å². The topological polar surface area (TPSA) is 66.3 Å². The summed E-state index contributed by atoms with van der Waals surface area (Å²) in [6, 6.07) is 15.8. The molecule has 0 saturated carbocycles. The summed E-state index contributed by atoms with van der Waals surface area (Å²) in [5.41, 5.74) is 3.24. The predicted molar refractivity (Wildman–Crippen MR) is 131 cm³/mol. The van der Waals surface area contributed by atoms with Gasteiger partial charge in [0.1, 0.15) is 11.9 Å². The first-order valence-corrected chi connectivity index (χ1v) is 10.1. The fraction of sp³-hybridized carbons (Fsp3) is 0.435. The maximum Gasteiger partial charge on any atom is 0.194 e. The maximum atomic E-state index is 10.6. The van der Waals surface area contributed by atoms with Gasteiger partial charge in [-0.1, -0.05) is 36.4 Å². The van der Waals surface area contributed by atoms with Crippen molar-refractivity contribution in [3.8, 4) is 5.75 Å². The molecule has 30 heavy (non-hydrogen) atoms. The molecule has 1 fully saturated rings. The van der Waals surface area contributed by atoms with Crippen LogP contribution in [0.2, 0.25) is 0 Å². The van der Waals surface area contributed by atoms with Crippen LogP contribution in [0.3, 0.4) is 0 Å². The van der Waals surface area contributed by atoms with E-state index in [-0.39, 0.29) is 36.6 Å². The third-order valence-corrected chi connectivity index (χ3v) is 5.13. The Morgan fingerprint density at radius 2 is 2.10 bits per heavy atom. The Morgan fingerprint density at radius 3 is 2.83 bits per heavy atom. The Labute approximate surface area is 196 Å². The molecule has 1 aliphatic rings. The summed E-state index contributed by atoms with van der Waals surface area (Å²) in [7, 11) is 1.62. The van der Waals surface area contributed by atoms with Gasteiger partial charge in [0.05, 0.1) is 32.9 Å². The number of rotatable bonds is 6. The van der Waals surface area contributed by atoms with Crippen LogP contribution in [-0.2, 0) is 4.74 Å². The number of hydrogen-bond donors (Lipinski definition) is 2. The molecule has 0 aromatic heterocycles. The van der Waals surface area contributed by atoms with Gasteiger partial charge in [-0.05, 0) is 42.7 Å². The van der Waals surface area contributed by atoms with Gasteiger partial charge < -0.3 is 24.8 Å². The molecule has 2 aromatic rings. The lowest BCUT2D eigenvalue weighted by molar-refractivity contribution is -0.00839. The standard InChI is InChI=1S/C23H31N3O3.HI/c1-4-24-23(25-15-21(27)18-9-7-10-19(14-18)28-3)26-12-13-29-22(16-26)20-11-6-5-8-17(20)2;/h5-11,14,21-22,27H,4,12-13,15-16H2,1-3H3,(H,24,25);1H. The van der Waals surface area contributed by atoms with Gasteiger partial charge >= 0.3 is 0 Å². The second kappa shape index (κ2) is 12.1. The van der Waals surface area contributed by atoms with E-state index < -0.39 is 6.10 Å². The summed E-state index contributed by atoms with van der Waals surface area (Å²) in [5.74, 6) is 1.53. The molecule has 2 N–H and O–H groups in total. The predicted octanol–water partition coefficient (Wildman–Crippen LogP) is 3.69. The summed E-state index contributed by atoms with van der Waals surface area (Å²) >= 11 is 0. The average molecular weight is 525 g/mol. The Morgan fingerprint density at radius 1 is 1.30 bits per heavy atom. The van der Waals surface area contributed by atoms with Gasteiger partial charge in [-0.15, -0.1) is 24.0 Å². The van der Waals surface area contributed by atoms with Crippen LogP contribution in [0.25, 0.3) is 0 Å². The Hall–Kier alpha value is -1.84. The van der Waals surface area contributed by atoms with Crippen molar-refractivity contribution < 1.29 is 14.6 Å². The highest BCUT2D eigenvalue weighted by molar-refractivity contribution is 14.0. The first-order chi connectivity index (χ1) is 14.1. The molecular weight excluding hydrogens is 493 g/mol. The molecule has 2 unspecified atom stereocenters. The number of nitrogens with one attached hydrogen (secondary N) is 1. The van der Waals surface area contributed by atoms with Crippen LogP contribution in [0.15, 0.2) is 53.5 Å². The van der Waals surface area contributed by atoms with E-state index in [9.17, 15) is 5.11 Å². The second-order valence-corrected chi connectivity index (χ2v) is 7.15. The molecule has 2 aromatic carbocycles. The minimum Gasteiger partial charge on any atom is -0.497 e. The molecule has 0 spiro atoms. The van der Waals surface area contributed by atoms with Crippen molar-refractivity contribution in [2.75, 3.05) is 39.9 Å². The summed E-state index contributed by atoms with van der Waals surface area (Å²) in [5, 5.41) is 13.9. The van der Waals surface area contributed by atoms with Crippen molar-refractivity contribution in [3.63, 3.8) is 0 Å². The minimum absolute atomic E-state index is 0. The quantitative estimate of drug-likeness (QED) is 0.342. The molecule has 1 aliphatic heterocycles. The molecule has 1 saturated heterocycles. The average Bonchev–Trinajstić information content (AvgIpc) is 2.77. The van der Waals surface area contributed by atoms with E-state index in [1.807, 2.05) is 37.3 Å². The number of hydrogen-bond acceptors (Lipinski definition) is 4. The first kappa shape index (κ1) is 24.4. The molecule has 0 aliphatic carbocycles. The van der Waals surface area contributed by atoms with E-state index in [1.54, 1.807) is 7.11 Å². The summed E-state index contributed by atoms with van der Waals surface area (Å²) in [4.78, 5) is 6.92. The van der Waals surface area contributed by atoms with Crippen LogP contribution in [0.4, 0.5) is 0 Å². The van der Waals surface area contributed by atoms with Crippen molar-refractivity contribution >= 4 is 29.9 Å². The van der Waals surface area contributed by atoms with E-state index >= 15 is 0 Å². The monoisotopic (exact) mass is 525 g/mol. The molecule has 0 bridgehead atoms. The molecule has 0 radical (unpaired) electrons. The lowest BCUT2D eigenvalue weighted by Crippen LogP contribution is -2.48. The fourth-order valence-electron chi connectivity index (χ4n) is 3.53. The molecule has 7 heteroatoms. The number of benzene rings is 2. The Kier molecular flexibility index (Phi) is 9.87. The van der Waals surface area contributed by atoms with Crippen molar-refractivity contribution in [1.82, 2.24) is 10.2 Å². The van der Waals surface area contributed by atoms with Crippen molar-refractivity contribution in [1.29, 1.82) is 0 Å². The maximum absolute atomic E-state index is 10.6. The Bertz CT molecular complexity index is 831. The third-order valence-electron chi connectivity index (χ3n) is 5.13. The van der Waals surface area contributed by atoms with E-state index in [0.717, 1.165) is 36.9 Å². The minimum atomic E-state index is -0.688. The van der Waals surface area contributed by atoms with E-state index in [0.29, 0.717) is 6.61 Å². The van der Waals surface area contributed by atoms with Gasteiger partial charge in [-0.2, -0.15) is 0 Å². The molecule has 3 rings (SSSR count). The molecule has 6 nitrogen and oxygen atoms in total. The SMILES string of the molecule is CCNC(=NCC(O)c1cccc(OC)c1)N1CCOC(c2ccccc2C)C1.I. The lowest BCUT2D eigenvalue weighted by atomic mass is 10.0. The number of aliphatic imine (C=N–C) groups is 1. The molecule has 2 atom stereocenters. The van der Waals surface area contributed by atoms with Crippen LogP contribution >= 0.6 is 24.0 Å². The molecular formula is C23H32IN3O3. The number of aliphatic hydroxyl groups excluding tert-OH is 1. The van der Waals surface area contributed by atoms with Crippen LogP contribution < -0.4 is 10.1 Å². The summed E-state index contributed by atoms with van der Waals surface area (Å²) in [6.45, 7) is 7.34. The number of nitrogens with zero attached hydrogens (tertiary/aromatic N) is 2. The highest BCUT2D eigenvalue weighted by atomic mass is 127. The zero-order valence-electron chi connectivity index (χ0n) is 17.9. The lowest BCUT2D eigenvalue weighted by Gasteiger charge is -2.36. The second-order valence-electron chi connectivity index (χ2n) is 7.15. The van der Waals surface area contributed by atoms with E-state index in [4.69, 9.17) is 14.5 Å². The molecule has 0 amide bonds. The highest BCUT2D eigenvalue weighted by Crippen LogP contribution is 2.25. The molecule has 1 heterocycles. The van der Waals surface area contributed by atoms with Crippen LogP contribution in [0.5, 0.6) is 5.75 Å². The first-order valence-electron chi connectivity index (χ1n) is 10.1. The van der Waals surface area contributed by atoms with Crippen molar-refractivity contribution in [2.45, 2.75) is 26.1 Å². The smallest absolute Gasteiger partial charge is 0.194 e. The summed E-state index contributed by atoms with van der Waals surface area (Å²) in [6.07, 6.45) is -0.677. The van der Waals surface area contributed by atoms with Gasteiger partial charge in [0.2, 0.25) is 0 Å². The van der Waals surface area contributed by atoms with Gasteiger partial charge in [0.25, 0.3) is 0 Å². The number of guanidine groups is 1. The van der Waals surface area contributed by atoms with Crippen LogP contribution in [0.1, 0.15) is 35.8 Å². The number of halogens is 1. The van der Waals surface area contributed by atoms with Crippen molar-refractivity contribution in [2.24, 2.45) is 4.99 Å². The van der Waals surface area contributed by atoms with Gasteiger partial charge in [-0.25, -0.2) is 0 Å². The molecule has 164 valence electrons. The van der Waals surface area contributed by atoms with Crippen LogP contribution in [-0.4, -0.2) is 55.9 Å². The van der Waals surface area contributed by atoms with E-state index in [2.05, 4.69) is 35.3 Å². The van der Waals surface area contributed by atoms with E-state index in [1.165, 1.54) is 11.1 Å². The largest absolute Gasteiger partial charge is 0.497 e. The third kappa shape index (κ3) is 6.33. The van der Waals surface area contributed by atoms with Crippen LogP contribution in [0, 0.1) is 6.92 Å². The zero-order valence-corrected chi connectivity index (χ0v) is 20.2. The number of aryl methyl sites for hydroxylation is 1. The highest BCUT2D eigenvalue weighted by Gasteiger charge is 2.25. The number of morpholine rings is 1. The zero-order chi connectivity index (χ0) is 20.6. The van der Waals surface area contributed by atoms with Gasteiger partial charge in [0, 0.05) is 13.1 Å². The number of ether oxygens (including phenoxy) is 2. The van der Waals surface area contributed by atoms with Crippen molar-refractivity contribution in [3.05, 3.63) is 65.2 Å². The number of methoxy groups -OCH3 is 1. The fourth-order valence-corrected chi connectivity index (χ4v) is 3.53. The Balaban J connectivity index is 0.00000320. The normalized spacial score (nSPS) is 17.8. The van der Waals surface area contributed by atoms with Gasteiger partial charge in [0.15, 0.2) is 5.96 Å².